The molecular formula is C11H11IO2. The summed E-state index contributed by atoms with van der Waals surface area (Å²) >= 11 is 2.22. The number of hydrogen-bond acceptors (Lipinski definition) is 2. The van der Waals surface area contributed by atoms with E-state index in [2.05, 4.69) is 22.6 Å². The number of aliphatic hydroxyl groups is 1. The number of hydrogen-bond donors (Lipinski definition) is 1. The monoisotopic (exact) mass is 302 g/mol. The van der Waals surface area contributed by atoms with Crippen molar-refractivity contribution in [3.63, 3.8) is 0 Å². The lowest BCUT2D eigenvalue weighted by Gasteiger charge is -2.13. The van der Waals surface area contributed by atoms with Crippen LogP contribution < -0.4 is 0 Å². The Morgan fingerprint density at radius 3 is 2.79 bits per heavy atom. The van der Waals surface area contributed by atoms with Gasteiger partial charge in [-0.3, -0.25) is 0 Å². The van der Waals surface area contributed by atoms with Crippen LogP contribution in [0, 0.1) is 3.57 Å². The number of aliphatic hydroxyl groups excluding tert-OH is 1. The number of rotatable bonds is 2. The Balaban J connectivity index is 2.26. The minimum atomic E-state index is -0.606. The van der Waals surface area contributed by atoms with Crippen molar-refractivity contribution in [2.24, 2.45) is 0 Å². The van der Waals surface area contributed by atoms with Crippen LogP contribution in [0.15, 0.2) is 36.1 Å². The Labute approximate surface area is 96.7 Å². The van der Waals surface area contributed by atoms with E-state index in [0.717, 1.165) is 15.6 Å². The first-order chi connectivity index (χ1) is 6.79. The average molecular weight is 302 g/mol. The van der Waals surface area contributed by atoms with Crippen LogP contribution in [-0.4, -0.2) is 11.7 Å². The molecule has 0 aromatic heterocycles. The van der Waals surface area contributed by atoms with E-state index in [9.17, 15) is 5.11 Å². The second kappa shape index (κ2) is 4.31. The third kappa shape index (κ3) is 1.93. The van der Waals surface area contributed by atoms with Gasteiger partial charge >= 0.3 is 0 Å². The average Bonchev–Trinajstić information content (AvgIpc) is 2.70. The summed E-state index contributed by atoms with van der Waals surface area (Å²) < 4.78 is 6.40. The molecular weight excluding hydrogens is 291 g/mol. The Hall–Kier alpha value is -0.550. The van der Waals surface area contributed by atoms with Gasteiger partial charge in [0.2, 0.25) is 0 Å². The molecule has 0 amide bonds. The molecule has 0 aliphatic carbocycles. The zero-order chi connectivity index (χ0) is 9.97. The van der Waals surface area contributed by atoms with E-state index in [1.807, 2.05) is 30.3 Å². The Kier molecular flexibility index (Phi) is 3.08. The molecule has 0 fully saturated rings. The zero-order valence-electron chi connectivity index (χ0n) is 7.61. The molecule has 14 heavy (non-hydrogen) atoms. The molecule has 0 bridgehead atoms. The van der Waals surface area contributed by atoms with Crippen LogP contribution in [-0.2, 0) is 4.74 Å². The van der Waals surface area contributed by atoms with Crippen molar-refractivity contribution in [1.82, 2.24) is 0 Å². The Morgan fingerprint density at radius 1 is 1.36 bits per heavy atom. The second-order valence-corrected chi connectivity index (χ2v) is 4.33. The first kappa shape index (κ1) is 9.98. The smallest absolute Gasteiger partial charge is 0.137 e. The molecule has 2 nitrogen and oxygen atoms in total. The summed E-state index contributed by atoms with van der Waals surface area (Å²) in [7, 11) is 0. The second-order valence-electron chi connectivity index (χ2n) is 3.17. The summed E-state index contributed by atoms with van der Waals surface area (Å²) in [4.78, 5) is 0. The summed E-state index contributed by atoms with van der Waals surface area (Å²) in [5, 5.41) is 10.0. The van der Waals surface area contributed by atoms with E-state index in [1.54, 1.807) is 0 Å². The molecule has 74 valence electrons. The van der Waals surface area contributed by atoms with Gasteiger partial charge in [0.05, 0.1) is 6.61 Å². The molecule has 2 rings (SSSR count). The van der Waals surface area contributed by atoms with E-state index >= 15 is 0 Å². The van der Waals surface area contributed by atoms with Crippen LogP contribution >= 0.6 is 22.6 Å². The molecule has 1 atom stereocenters. The number of halogens is 1. The lowest BCUT2D eigenvalue weighted by Crippen LogP contribution is -2.03. The topological polar surface area (TPSA) is 29.5 Å². The van der Waals surface area contributed by atoms with Crippen LogP contribution in [0.25, 0.3) is 0 Å². The van der Waals surface area contributed by atoms with E-state index in [-0.39, 0.29) is 0 Å². The summed E-state index contributed by atoms with van der Waals surface area (Å²) in [6, 6.07) is 7.79. The molecule has 1 unspecified atom stereocenters. The summed E-state index contributed by atoms with van der Waals surface area (Å²) in [5.41, 5.74) is 0.918. The van der Waals surface area contributed by atoms with Crippen molar-refractivity contribution < 1.29 is 9.84 Å². The minimum Gasteiger partial charge on any atom is -0.495 e. The highest BCUT2D eigenvalue weighted by Gasteiger charge is 2.19. The van der Waals surface area contributed by atoms with Crippen molar-refractivity contribution in [2.75, 3.05) is 6.61 Å². The van der Waals surface area contributed by atoms with Gasteiger partial charge in [-0.2, -0.15) is 0 Å². The molecule has 1 aromatic carbocycles. The predicted molar refractivity (Wildman–Crippen MR) is 62.8 cm³/mol. The molecule has 1 N–H and O–H groups in total. The van der Waals surface area contributed by atoms with Gasteiger partial charge in [0.1, 0.15) is 11.9 Å². The number of benzene rings is 1. The largest absolute Gasteiger partial charge is 0.495 e. The highest BCUT2D eigenvalue weighted by molar-refractivity contribution is 14.1. The maximum atomic E-state index is 10.0. The lowest BCUT2D eigenvalue weighted by atomic mass is 10.1. The zero-order valence-corrected chi connectivity index (χ0v) is 9.77. The van der Waals surface area contributed by atoms with Gasteiger partial charge < -0.3 is 9.84 Å². The quantitative estimate of drug-likeness (QED) is 0.851. The standard InChI is InChI=1S/C11H11IO2/c12-9-5-2-1-4-8(9)11(13)10-6-3-7-14-10/h1-2,4-6,11,13H,3,7H2. The Morgan fingerprint density at radius 2 is 2.14 bits per heavy atom. The first-order valence-corrected chi connectivity index (χ1v) is 5.62. The lowest BCUT2D eigenvalue weighted by molar-refractivity contribution is 0.118. The fourth-order valence-electron chi connectivity index (χ4n) is 1.48. The van der Waals surface area contributed by atoms with Gasteiger partial charge in [-0.25, -0.2) is 0 Å². The van der Waals surface area contributed by atoms with Gasteiger partial charge in [0.15, 0.2) is 0 Å². The number of ether oxygens (including phenoxy) is 1. The van der Waals surface area contributed by atoms with Gasteiger partial charge in [0, 0.05) is 15.6 Å². The summed E-state index contributed by atoms with van der Waals surface area (Å²) in [6.07, 6.45) is 2.24. The molecule has 1 aliphatic rings. The van der Waals surface area contributed by atoms with Crippen molar-refractivity contribution >= 4 is 22.6 Å². The van der Waals surface area contributed by atoms with Gasteiger partial charge in [-0.05, 0) is 34.7 Å². The minimum absolute atomic E-state index is 0.606. The van der Waals surface area contributed by atoms with Gasteiger partial charge in [0.25, 0.3) is 0 Å². The van der Waals surface area contributed by atoms with Crippen molar-refractivity contribution in [3.05, 3.63) is 45.2 Å². The van der Waals surface area contributed by atoms with Gasteiger partial charge in [-0.1, -0.05) is 18.2 Å². The van der Waals surface area contributed by atoms with Crippen LogP contribution in [0.4, 0.5) is 0 Å². The highest BCUT2D eigenvalue weighted by atomic mass is 127. The highest BCUT2D eigenvalue weighted by Crippen LogP contribution is 2.28. The van der Waals surface area contributed by atoms with E-state index in [4.69, 9.17) is 4.74 Å². The van der Waals surface area contributed by atoms with E-state index in [0.29, 0.717) is 12.4 Å². The van der Waals surface area contributed by atoms with Crippen molar-refractivity contribution in [1.29, 1.82) is 0 Å². The predicted octanol–water partition coefficient (Wildman–Crippen LogP) is 2.63. The molecule has 1 heterocycles. The summed E-state index contributed by atoms with van der Waals surface area (Å²) in [6.45, 7) is 0.690. The maximum absolute atomic E-state index is 10.0. The molecule has 0 radical (unpaired) electrons. The maximum Gasteiger partial charge on any atom is 0.137 e. The van der Waals surface area contributed by atoms with E-state index in [1.165, 1.54) is 0 Å². The molecule has 0 saturated heterocycles. The molecule has 1 aliphatic heterocycles. The fourth-order valence-corrected chi connectivity index (χ4v) is 2.16. The van der Waals surface area contributed by atoms with Crippen molar-refractivity contribution in [2.45, 2.75) is 12.5 Å². The first-order valence-electron chi connectivity index (χ1n) is 4.54. The normalized spacial score (nSPS) is 17.4. The molecule has 0 spiro atoms. The van der Waals surface area contributed by atoms with Crippen LogP contribution in [0.1, 0.15) is 18.1 Å². The van der Waals surface area contributed by atoms with Crippen LogP contribution in [0.2, 0.25) is 0 Å². The molecule has 3 heteroatoms. The Bertz CT molecular complexity index is 360. The van der Waals surface area contributed by atoms with Crippen molar-refractivity contribution in [3.8, 4) is 0 Å². The van der Waals surface area contributed by atoms with Crippen LogP contribution in [0.5, 0.6) is 0 Å². The van der Waals surface area contributed by atoms with Gasteiger partial charge in [-0.15, -0.1) is 0 Å². The van der Waals surface area contributed by atoms with E-state index < -0.39 is 6.10 Å². The third-order valence-corrected chi connectivity index (χ3v) is 3.18. The fraction of sp³-hybridized carbons (Fsp3) is 0.273. The van der Waals surface area contributed by atoms with Crippen LogP contribution in [0.3, 0.4) is 0 Å². The summed E-state index contributed by atoms with van der Waals surface area (Å²) in [5.74, 6) is 0.689. The third-order valence-electron chi connectivity index (χ3n) is 2.20. The molecule has 1 aromatic rings. The SMILES string of the molecule is OC(C1=CCCO1)c1ccccc1I. The molecule has 0 saturated carbocycles.